The average Bonchev–Trinajstić information content (AvgIpc) is 2.44. The fourth-order valence-electron chi connectivity index (χ4n) is 0.895. The van der Waals surface area contributed by atoms with Crippen LogP contribution >= 0.6 is 0 Å². The highest BCUT2D eigenvalue weighted by Crippen LogP contribution is 2.21. The maximum Gasteiger partial charge on any atom is 0.311 e. The smallest absolute Gasteiger partial charge is 0.311 e. The summed E-state index contributed by atoms with van der Waals surface area (Å²) in [6.45, 7) is 15.2. The molecule has 0 fully saturated rings. The SMILES string of the molecule is C=CCOC(=O)C(C)(C)CC.CCC(C)(C)C(=O)OC. The monoisotopic (exact) mass is 286 g/mol. The Morgan fingerprint density at radius 3 is 1.65 bits per heavy atom. The molecule has 0 N–H and O–H groups in total. The molecular formula is C16H30O4. The van der Waals surface area contributed by atoms with E-state index in [1.807, 2.05) is 41.5 Å². The van der Waals surface area contributed by atoms with Gasteiger partial charge in [-0.15, -0.1) is 0 Å². The molecule has 4 heteroatoms. The van der Waals surface area contributed by atoms with Crippen molar-refractivity contribution >= 4 is 11.9 Å². The van der Waals surface area contributed by atoms with Crippen molar-refractivity contribution in [1.29, 1.82) is 0 Å². The topological polar surface area (TPSA) is 52.6 Å². The van der Waals surface area contributed by atoms with Crippen LogP contribution in [0.3, 0.4) is 0 Å². The Hall–Kier alpha value is -1.32. The number of carbonyl (C=O) groups is 2. The van der Waals surface area contributed by atoms with Gasteiger partial charge in [-0.05, 0) is 40.5 Å². The molecule has 0 aliphatic carbocycles. The van der Waals surface area contributed by atoms with E-state index >= 15 is 0 Å². The number of esters is 2. The second kappa shape index (κ2) is 9.56. The van der Waals surface area contributed by atoms with E-state index in [4.69, 9.17) is 4.74 Å². The van der Waals surface area contributed by atoms with Crippen molar-refractivity contribution in [2.45, 2.75) is 54.4 Å². The molecule has 0 aliphatic rings. The van der Waals surface area contributed by atoms with Gasteiger partial charge in [0, 0.05) is 0 Å². The molecule has 0 saturated heterocycles. The van der Waals surface area contributed by atoms with Gasteiger partial charge >= 0.3 is 11.9 Å². The first kappa shape index (κ1) is 21.0. The van der Waals surface area contributed by atoms with E-state index in [1.54, 1.807) is 6.08 Å². The maximum absolute atomic E-state index is 11.2. The maximum atomic E-state index is 11.2. The van der Waals surface area contributed by atoms with Crippen LogP contribution in [-0.4, -0.2) is 25.7 Å². The molecule has 0 saturated carbocycles. The highest BCUT2D eigenvalue weighted by atomic mass is 16.5. The van der Waals surface area contributed by atoms with E-state index in [9.17, 15) is 9.59 Å². The van der Waals surface area contributed by atoms with Gasteiger partial charge in [0.25, 0.3) is 0 Å². The largest absolute Gasteiger partial charge is 0.469 e. The molecule has 0 aromatic rings. The average molecular weight is 286 g/mol. The predicted molar refractivity (Wildman–Crippen MR) is 81.3 cm³/mol. The van der Waals surface area contributed by atoms with Crippen LogP contribution in [0.5, 0.6) is 0 Å². The summed E-state index contributed by atoms with van der Waals surface area (Å²) in [4.78, 5) is 22.0. The van der Waals surface area contributed by atoms with Crippen LogP contribution in [-0.2, 0) is 19.1 Å². The zero-order valence-electron chi connectivity index (χ0n) is 14.0. The second-order valence-electron chi connectivity index (χ2n) is 5.85. The summed E-state index contributed by atoms with van der Waals surface area (Å²) in [6, 6.07) is 0. The molecular weight excluding hydrogens is 256 g/mol. The lowest BCUT2D eigenvalue weighted by molar-refractivity contribution is -0.153. The molecule has 0 amide bonds. The molecule has 20 heavy (non-hydrogen) atoms. The van der Waals surface area contributed by atoms with Gasteiger partial charge in [0.15, 0.2) is 0 Å². The lowest BCUT2D eigenvalue weighted by Gasteiger charge is -2.19. The molecule has 0 aromatic carbocycles. The number of methoxy groups -OCH3 is 1. The standard InChI is InChI=1S/C9H16O2.C7H14O2/c1-5-7-11-8(10)9(3,4)6-2;1-5-7(2,3)6(8)9-4/h5H,1,6-7H2,2-4H3;5H2,1-4H3. The van der Waals surface area contributed by atoms with Gasteiger partial charge in [-0.2, -0.15) is 0 Å². The van der Waals surface area contributed by atoms with E-state index in [0.717, 1.165) is 12.8 Å². The molecule has 0 spiro atoms. The molecule has 0 unspecified atom stereocenters. The van der Waals surface area contributed by atoms with E-state index in [-0.39, 0.29) is 22.8 Å². The van der Waals surface area contributed by atoms with E-state index in [2.05, 4.69) is 11.3 Å². The summed E-state index contributed by atoms with van der Waals surface area (Å²) < 4.78 is 9.46. The molecule has 118 valence electrons. The van der Waals surface area contributed by atoms with Gasteiger partial charge in [-0.3, -0.25) is 9.59 Å². The summed E-state index contributed by atoms with van der Waals surface area (Å²) in [5.74, 6) is -0.287. The van der Waals surface area contributed by atoms with Crippen LogP contribution in [0.4, 0.5) is 0 Å². The summed E-state index contributed by atoms with van der Waals surface area (Å²) in [6.07, 6.45) is 3.19. The Balaban J connectivity index is 0. The van der Waals surface area contributed by atoms with Crippen molar-refractivity contribution in [1.82, 2.24) is 0 Å². The Labute approximate surface area is 123 Å². The first-order valence-corrected chi connectivity index (χ1v) is 6.95. The number of rotatable bonds is 6. The first-order chi connectivity index (χ1) is 9.08. The normalized spacial score (nSPS) is 10.9. The van der Waals surface area contributed by atoms with Crippen molar-refractivity contribution in [2.24, 2.45) is 10.8 Å². The minimum absolute atomic E-state index is 0.134. The number of hydrogen-bond donors (Lipinski definition) is 0. The molecule has 0 aliphatic heterocycles. The fraction of sp³-hybridized carbons (Fsp3) is 0.750. The minimum Gasteiger partial charge on any atom is -0.469 e. The van der Waals surface area contributed by atoms with Gasteiger partial charge in [-0.1, -0.05) is 26.5 Å². The zero-order valence-corrected chi connectivity index (χ0v) is 14.0. The lowest BCUT2D eigenvalue weighted by atomic mass is 9.91. The van der Waals surface area contributed by atoms with Crippen molar-refractivity contribution in [3.8, 4) is 0 Å². The molecule has 0 radical (unpaired) electrons. The third-order valence-electron chi connectivity index (χ3n) is 3.39. The number of carbonyl (C=O) groups excluding carboxylic acids is 2. The fourth-order valence-corrected chi connectivity index (χ4v) is 0.895. The van der Waals surface area contributed by atoms with Crippen LogP contribution in [0.25, 0.3) is 0 Å². The highest BCUT2D eigenvalue weighted by molar-refractivity contribution is 5.76. The van der Waals surface area contributed by atoms with Crippen molar-refractivity contribution < 1.29 is 19.1 Å². The van der Waals surface area contributed by atoms with Crippen LogP contribution in [0.15, 0.2) is 12.7 Å². The zero-order chi connectivity index (χ0) is 16.4. The van der Waals surface area contributed by atoms with Crippen molar-refractivity contribution in [2.75, 3.05) is 13.7 Å². The Kier molecular flexibility index (Phi) is 10.0. The summed E-state index contributed by atoms with van der Waals surface area (Å²) in [7, 11) is 1.42. The molecule has 0 atom stereocenters. The van der Waals surface area contributed by atoms with Crippen molar-refractivity contribution in [3.63, 3.8) is 0 Å². The Morgan fingerprint density at radius 1 is 1.00 bits per heavy atom. The minimum atomic E-state index is -0.358. The highest BCUT2D eigenvalue weighted by Gasteiger charge is 2.26. The summed E-state index contributed by atoms with van der Waals surface area (Å²) in [5, 5.41) is 0. The molecule has 0 aromatic heterocycles. The molecule has 4 nitrogen and oxygen atoms in total. The van der Waals surface area contributed by atoms with Gasteiger partial charge in [0.1, 0.15) is 6.61 Å². The van der Waals surface area contributed by atoms with Crippen LogP contribution in [0, 0.1) is 10.8 Å². The predicted octanol–water partition coefficient (Wildman–Crippen LogP) is 3.75. The quantitative estimate of drug-likeness (QED) is 0.551. The Bertz CT molecular complexity index is 316. The summed E-state index contributed by atoms with van der Waals surface area (Å²) >= 11 is 0. The third-order valence-corrected chi connectivity index (χ3v) is 3.39. The first-order valence-electron chi connectivity index (χ1n) is 6.95. The van der Waals surface area contributed by atoms with Crippen LogP contribution < -0.4 is 0 Å². The third kappa shape index (κ3) is 7.97. The molecule has 0 bridgehead atoms. The van der Waals surface area contributed by atoms with Gasteiger partial charge in [-0.25, -0.2) is 0 Å². The van der Waals surface area contributed by atoms with Crippen LogP contribution in [0.2, 0.25) is 0 Å². The van der Waals surface area contributed by atoms with E-state index < -0.39 is 0 Å². The molecule has 0 rings (SSSR count). The van der Waals surface area contributed by atoms with Crippen LogP contribution in [0.1, 0.15) is 54.4 Å². The van der Waals surface area contributed by atoms with E-state index in [1.165, 1.54) is 7.11 Å². The van der Waals surface area contributed by atoms with Crippen molar-refractivity contribution in [3.05, 3.63) is 12.7 Å². The second-order valence-corrected chi connectivity index (χ2v) is 5.85. The van der Waals surface area contributed by atoms with E-state index in [0.29, 0.717) is 6.61 Å². The lowest BCUT2D eigenvalue weighted by Crippen LogP contribution is -2.25. The Morgan fingerprint density at radius 2 is 1.40 bits per heavy atom. The molecule has 0 heterocycles. The number of hydrogen-bond acceptors (Lipinski definition) is 4. The van der Waals surface area contributed by atoms with Gasteiger partial charge in [0.2, 0.25) is 0 Å². The van der Waals surface area contributed by atoms with Gasteiger partial charge < -0.3 is 9.47 Å². The number of ether oxygens (including phenoxy) is 2. The summed E-state index contributed by atoms with van der Waals surface area (Å²) in [5.41, 5.74) is -0.669. The van der Waals surface area contributed by atoms with Gasteiger partial charge in [0.05, 0.1) is 17.9 Å².